The number of carbonyl (C=O) groups is 1. The minimum atomic E-state index is -0.448. The summed E-state index contributed by atoms with van der Waals surface area (Å²) in [6.07, 6.45) is 0. The van der Waals surface area contributed by atoms with Gasteiger partial charge in [-0.2, -0.15) is 4.98 Å². The second-order valence-corrected chi connectivity index (χ2v) is 8.62. The Morgan fingerprint density at radius 1 is 0.943 bits per heavy atom. The first-order valence-corrected chi connectivity index (χ1v) is 11.4. The van der Waals surface area contributed by atoms with E-state index in [2.05, 4.69) is 10.5 Å². The molecule has 0 bridgehead atoms. The molecule has 1 aromatic heterocycles. The Morgan fingerprint density at radius 2 is 1.71 bits per heavy atom. The molecule has 0 aliphatic carbocycles. The first-order valence-electron chi connectivity index (χ1n) is 11.4. The average Bonchev–Trinajstić information content (AvgIpc) is 3.34. The third kappa shape index (κ3) is 4.28. The van der Waals surface area contributed by atoms with E-state index in [9.17, 15) is 4.79 Å². The second kappa shape index (κ2) is 9.10. The van der Waals surface area contributed by atoms with Crippen molar-refractivity contribution in [1.29, 1.82) is 0 Å². The second-order valence-electron chi connectivity index (χ2n) is 8.62. The first kappa shape index (κ1) is 22.4. The molecule has 0 saturated heterocycles. The number of nitrogens with zero attached hydrogens (tertiary/aromatic N) is 3. The zero-order valence-corrected chi connectivity index (χ0v) is 20.1. The first-order chi connectivity index (χ1) is 16.9. The zero-order chi connectivity index (χ0) is 24.5. The molecular weight excluding hydrogens is 440 g/mol. The molecule has 7 heteroatoms. The Kier molecular flexibility index (Phi) is 5.82. The maximum atomic E-state index is 13.4. The third-order valence-corrected chi connectivity index (χ3v) is 6.14. The van der Waals surface area contributed by atoms with Gasteiger partial charge in [0.05, 0.1) is 24.4 Å². The van der Waals surface area contributed by atoms with Crippen LogP contribution in [0.1, 0.15) is 35.5 Å². The number of nitrogens with one attached hydrogen (secondary N) is 1. The third-order valence-electron chi connectivity index (χ3n) is 6.14. The molecule has 4 aromatic rings. The molecule has 35 heavy (non-hydrogen) atoms. The number of allylic oxidation sites excluding steroid dienone is 1. The number of hydrogen-bond acceptors (Lipinski definition) is 5. The summed E-state index contributed by atoms with van der Waals surface area (Å²) in [6.45, 7) is 5.94. The zero-order valence-electron chi connectivity index (χ0n) is 20.1. The van der Waals surface area contributed by atoms with E-state index in [0.717, 1.165) is 27.8 Å². The van der Waals surface area contributed by atoms with Gasteiger partial charge in [0.1, 0.15) is 5.75 Å². The molecule has 0 fully saturated rings. The molecule has 1 aliphatic rings. The Bertz CT molecular complexity index is 1420. The quantitative estimate of drug-likeness (QED) is 0.386. The number of urea groups is 1. The fraction of sp³-hybridized carbons (Fsp3) is 0.179. The number of hydrogen-bond donors (Lipinski definition) is 1. The Balaban J connectivity index is 1.66. The number of aromatic nitrogens is 2. The highest BCUT2D eigenvalue weighted by molar-refractivity contribution is 6.01. The predicted octanol–water partition coefficient (Wildman–Crippen LogP) is 6.06. The molecular formula is C28H26N4O3. The molecule has 1 unspecified atom stereocenters. The summed E-state index contributed by atoms with van der Waals surface area (Å²) in [5, 5.41) is 7.39. The Hall–Kier alpha value is -4.39. The van der Waals surface area contributed by atoms with E-state index in [1.54, 1.807) is 12.0 Å². The SMILES string of the molecule is COc1cccc(N2C(=O)NC(c3ccc(C)cc3)C(c3nc(-c4cccc(C)c4)no3)=C2C)c1. The van der Waals surface area contributed by atoms with E-state index in [4.69, 9.17) is 14.2 Å². The molecule has 1 atom stereocenters. The van der Waals surface area contributed by atoms with Crippen LogP contribution >= 0.6 is 0 Å². The maximum absolute atomic E-state index is 13.4. The van der Waals surface area contributed by atoms with Crippen LogP contribution in [0.25, 0.3) is 17.0 Å². The summed E-state index contributed by atoms with van der Waals surface area (Å²) >= 11 is 0. The van der Waals surface area contributed by atoms with Gasteiger partial charge in [-0.3, -0.25) is 4.90 Å². The fourth-order valence-corrected chi connectivity index (χ4v) is 4.32. The van der Waals surface area contributed by atoms with E-state index in [1.165, 1.54) is 0 Å². The van der Waals surface area contributed by atoms with E-state index in [1.807, 2.05) is 93.6 Å². The summed E-state index contributed by atoms with van der Waals surface area (Å²) in [4.78, 5) is 19.7. The van der Waals surface area contributed by atoms with Gasteiger partial charge in [-0.05, 0) is 44.5 Å². The highest BCUT2D eigenvalue weighted by Crippen LogP contribution is 2.39. The lowest BCUT2D eigenvalue weighted by molar-refractivity contribution is 0.244. The summed E-state index contributed by atoms with van der Waals surface area (Å²) in [7, 11) is 1.60. The molecule has 2 heterocycles. The van der Waals surface area contributed by atoms with Crippen LogP contribution in [0.2, 0.25) is 0 Å². The molecule has 3 aromatic carbocycles. The minimum absolute atomic E-state index is 0.247. The molecule has 1 N–H and O–H groups in total. The van der Waals surface area contributed by atoms with Crippen LogP contribution in [-0.2, 0) is 0 Å². The largest absolute Gasteiger partial charge is 0.497 e. The van der Waals surface area contributed by atoms with Crippen LogP contribution < -0.4 is 15.0 Å². The molecule has 176 valence electrons. The van der Waals surface area contributed by atoms with Crippen molar-refractivity contribution in [2.45, 2.75) is 26.8 Å². The molecule has 7 nitrogen and oxygen atoms in total. The van der Waals surface area contributed by atoms with E-state index >= 15 is 0 Å². The van der Waals surface area contributed by atoms with Crippen LogP contribution in [0.15, 0.2) is 83.0 Å². The number of ether oxygens (including phenoxy) is 1. The Morgan fingerprint density at radius 3 is 2.46 bits per heavy atom. The van der Waals surface area contributed by atoms with Gasteiger partial charge in [0.2, 0.25) is 5.82 Å². The smallest absolute Gasteiger partial charge is 0.327 e. The van der Waals surface area contributed by atoms with Crippen molar-refractivity contribution in [3.05, 3.63) is 101 Å². The number of methoxy groups -OCH3 is 1. The highest BCUT2D eigenvalue weighted by Gasteiger charge is 2.36. The van der Waals surface area contributed by atoms with Crippen LogP contribution in [-0.4, -0.2) is 23.3 Å². The summed E-state index contributed by atoms with van der Waals surface area (Å²) < 4.78 is 11.2. The van der Waals surface area contributed by atoms with Gasteiger partial charge in [0.25, 0.3) is 5.89 Å². The topological polar surface area (TPSA) is 80.5 Å². The minimum Gasteiger partial charge on any atom is -0.497 e. The Labute approximate surface area is 204 Å². The summed E-state index contributed by atoms with van der Waals surface area (Å²) in [5.74, 6) is 1.51. The number of rotatable bonds is 5. The van der Waals surface area contributed by atoms with Crippen molar-refractivity contribution >= 4 is 17.3 Å². The van der Waals surface area contributed by atoms with E-state index < -0.39 is 6.04 Å². The van der Waals surface area contributed by atoms with Gasteiger partial charge in [-0.15, -0.1) is 0 Å². The average molecular weight is 467 g/mol. The van der Waals surface area contributed by atoms with Crippen LogP contribution in [0.4, 0.5) is 10.5 Å². The molecule has 5 rings (SSSR count). The molecule has 0 spiro atoms. The molecule has 0 saturated carbocycles. The number of amides is 2. The number of aryl methyl sites for hydroxylation is 2. The normalized spacial score (nSPS) is 15.8. The van der Waals surface area contributed by atoms with Crippen LogP contribution in [0.3, 0.4) is 0 Å². The highest BCUT2D eigenvalue weighted by atomic mass is 16.5. The lowest BCUT2D eigenvalue weighted by Crippen LogP contribution is -2.46. The summed E-state index contributed by atoms with van der Waals surface area (Å²) in [6, 6.07) is 22.7. The number of benzene rings is 3. The predicted molar refractivity (Wildman–Crippen MR) is 135 cm³/mol. The van der Waals surface area contributed by atoms with Gasteiger partial charge in [-0.1, -0.05) is 64.8 Å². The lowest BCUT2D eigenvalue weighted by Gasteiger charge is -2.35. The molecule has 1 aliphatic heterocycles. The van der Waals surface area contributed by atoms with Gasteiger partial charge < -0.3 is 14.6 Å². The van der Waals surface area contributed by atoms with Crippen molar-refractivity contribution in [2.75, 3.05) is 12.0 Å². The van der Waals surface area contributed by atoms with Crippen molar-refractivity contribution < 1.29 is 14.1 Å². The van der Waals surface area contributed by atoms with Crippen LogP contribution in [0, 0.1) is 13.8 Å². The van der Waals surface area contributed by atoms with Crippen molar-refractivity contribution in [2.24, 2.45) is 0 Å². The molecule has 2 amide bonds. The van der Waals surface area contributed by atoms with Gasteiger partial charge in [0.15, 0.2) is 0 Å². The number of anilines is 1. The number of carbonyl (C=O) groups excluding carboxylic acids is 1. The fourth-order valence-electron chi connectivity index (χ4n) is 4.32. The van der Waals surface area contributed by atoms with Gasteiger partial charge in [-0.25, -0.2) is 4.79 Å². The van der Waals surface area contributed by atoms with Gasteiger partial charge >= 0.3 is 6.03 Å². The summed E-state index contributed by atoms with van der Waals surface area (Å²) in [5.41, 5.74) is 6.16. The lowest BCUT2D eigenvalue weighted by atomic mass is 9.94. The van der Waals surface area contributed by atoms with E-state index in [0.29, 0.717) is 28.8 Å². The van der Waals surface area contributed by atoms with Gasteiger partial charge in [0, 0.05) is 17.3 Å². The van der Waals surface area contributed by atoms with Crippen molar-refractivity contribution in [3.63, 3.8) is 0 Å². The standard InChI is InChI=1S/C28H26N4O3/c1-17-11-13-20(14-12-17)25-24(27-30-26(31-35-27)21-8-5-7-18(2)15-21)19(3)32(28(33)29-25)22-9-6-10-23(16-22)34-4/h5-16,25H,1-4H3,(H,29,33). The van der Waals surface area contributed by atoms with Crippen molar-refractivity contribution in [1.82, 2.24) is 15.5 Å². The van der Waals surface area contributed by atoms with E-state index in [-0.39, 0.29) is 6.03 Å². The molecule has 0 radical (unpaired) electrons. The van der Waals surface area contributed by atoms with Crippen molar-refractivity contribution in [3.8, 4) is 17.1 Å². The monoisotopic (exact) mass is 466 g/mol. The maximum Gasteiger partial charge on any atom is 0.327 e. The van der Waals surface area contributed by atoms with Crippen LogP contribution in [0.5, 0.6) is 5.75 Å².